The van der Waals surface area contributed by atoms with Gasteiger partial charge in [0.2, 0.25) is 0 Å². The number of nitrogens with one attached hydrogen (secondary N) is 2. The fourth-order valence-electron chi connectivity index (χ4n) is 2.43. The van der Waals surface area contributed by atoms with Gasteiger partial charge in [-0.05, 0) is 43.3 Å². The standard InChI is InChI=1S/C20H18N2O5S/c1-14-7-9-15(10-8-14)19(23)21-22-20(24)18-12-11-16(27-18)13-28(25,26)17-5-3-2-4-6-17/h2-12H,13H2,1H3,(H,21,23)(H,22,24). The topological polar surface area (TPSA) is 105 Å². The second kappa shape index (κ2) is 8.10. The molecule has 144 valence electrons. The molecular formula is C20H18N2O5S. The number of benzene rings is 2. The highest BCUT2D eigenvalue weighted by molar-refractivity contribution is 7.90. The van der Waals surface area contributed by atoms with Gasteiger partial charge in [0, 0.05) is 5.56 Å². The van der Waals surface area contributed by atoms with Crippen molar-refractivity contribution >= 4 is 21.7 Å². The minimum atomic E-state index is -3.59. The summed E-state index contributed by atoms with van der Waals surface area (Å²) in [5, 5.41) is 0. The molecule has 0 aliphatic heterocycles. The van der Waals surface area contributed by atoms with Crippen LogP contribution in [0.25, 0.3) is 0 Å². The third-order valence-corrected chi connectivity index (χ3v) is 5.58. The zero-order valence-electron chi connectivity index (χ0n) is 15.0. The van der Waals surface area contributed by atoms with Crippen LogP contribution in [0, 0.1) is 6.92 Å². The molecule has 1 aromatic heterocycles. The minimum Gasteiger partial charge on any atom is -0.455 e. The number of hydrogen-bond donors (Lipinski definition) is 2. The van der Waals surface area contributed by atoms with Crippen LogP contribution in [0.3, 0.4) is 0 Å². The summed E-state index contributed by atoms with van der Waals surface area (Å²) in [5.41, 5.74) is 5.92. The molecule has 0 fully saturated rings. The summed E-state index contributed by atoms with van der Waals surface area (Å²) in [6.45, 7) is 1.90. The smallest absolute Gasteiger partial charge is 0.305 e. The predicted molar refractivity (Wildman–Crippen MR) is 102 cm³/mol. The van der Waals surface area contributed by atoms with Crippen LogP contribution in [0.5, 0.6) is 0 Å². The molecule has 2 N–H and O–H groups in total. The van der Waals surface area contributed by atoms with Gasteiger partial charge < -0.3 is 4.42 Å². The number of rotatable bonds is 5. The van der Waals surface area contributed by atoms with E-state index in [0.717, 1.165) is 5.56 Å². The molecule has 28 heavy (non-hydrogen) atoms. The molecule has 0 saturated heterocycles. The fourth-order valence-corrected chi connectivity index (χ4v) is 3.70. The van der Waals surface area contributed by atoms with Gasteiger partial charge in [-0.15, -0.1) is 0 Å². The Kier molecular flexibility index (Phi) is 5.60. The number of carbonyl (C=O) groups is 2. The van der Waals surface area contributed by atoms with E-state index < -0.39 is 21.7 Å². The van der Waals surface area contributed by atoms with Crippen molar-refractivity contribution in [2.45, 2.75) is 17.6 Å². The summed E-state index contributed by atoms with van der Waals surface area (Å²) in [5.74, 6) is -1.53. The molecule has 3 aromatic rings. The number of carbonyl (C=O) groups excluding carboxylic acids is 2. The van der Waals surface area contributed by atoms with E-state index >= 15 is 0 Å². The maximum atomic E-state index is 12.4. The van der Waals surface area contributed by atoms with Gasteiger partial charge in [0.1, 0.15) is 11.5 Å². The largest absolute Gasteiger partial charge is 0.455 e. The molecule has 0 spiro atoms. The zero-order chi connectivity index (χ0) is 20.1. The van der Waals surface area contributed by atoms with Crippen molar-refractivity contribution in [3.05, 3.63) is 89.4 Å². The zero-order valence-corrected chi connectivity index (χ0v) is 15.8. The van der Waals surface area contributed by atoms with Gasteiger partial charge in [0.05, 0.1) is 4.90 Å². The van der Waals surface area contributed by atoms with Gasteiger partial charge >= 0.3 is 5.91 Å². The molecule has 0 radical (unpaired) electrons. The molecule has 1 heterocycles. The van der Waals surface area contributed by atoms with Crippen LogP contribution >= 0.6 is 0 Å². The summed E-state index contributed by atoms with van der Waals surface area (Å²) >= 11 is 0. The lowest BCUT2D eigenvalue weighted by molar-refractivity contribution is 0.0830. The van der Waals surface area contributed by atoms with Crippen LogP contribution < -0.4 is 10.9 Å². The second-order valence-corrected chi connectivity index (χ2v) is 8.10. The van der Waals surface area contributed by atoms with Gasteiger partial charge in [-0.25, -0.2) is 8.42 Å². The van der Waals surface area contributed by atoms with Crippen molar-refractivity contribution in [2.24, 2.45) is 0 Å². The Bertz CT molecular complexity index is 1090. The third-order valence-electron chi connectivity index (χ3n) is 3.92. The van der Waals surface area contributed by atoms with Crippen molar-refractivity contribution in [3.63, 3.8) is 0 Å². The third kappa shape index (κ3) is 4.66. The van der Waals surface area contributed by atoms with E-state index in [2.05, 4.69) is 10.9 Å². The molecule has 7 nitrogen and oxygen atoms in total. The van der Waals surface area contributed by atoms with Gasteiger partial charge in [0.15, 0.2) is 15.6 Å². The van der Waals surface area contributed by atoms with Crippen molar-refractivity contribution < 1.29 is 22.4 Å². The SMILES string of the molecule is Cc1ccc(C(=O)NNC(=O)c2ccc(CS(=O)(=O)c3ccccc3)o2)cc1. The van der Waals surface area contributed by atoms with E-state index in [1.807, 2.05) is 6.92 Å². The first-order valence-electron chi connectivity index (χ1n) is 8.39. The maximum absolute atomic E-state index is 12.4. The van der Waals surface area contributed by atoms with Crippen LogP contribution in [0.15, 0.2) is 76.0 Å². The highest BCUT2D eigenvalue weighted by atomic mass is 32.2. The normalized spacial score (nSPS) is 11.0. The van der Waals surface area contributed by atoms with E-state index in [-0.39, 0.29) is 22.2 Å². The molecule has 8 heteroatoms. The second-order valence-electron chi connectivity index (χ2n) is 6.11. The molecule has 3 rings (SSSR count). The summed E-state index contributed by atoms with van der Waals surface area (Å²) in [6, 6.07) is 17.6. The first-order chi connectivity index (χ1) is 13.3. The predicted octanol–water partition coefficient (Wildman–Crippen LogP) is 2.64. The molecule has 0 unspecified atom stereocenters. The molecule has 0 atom stereocenters. The summed E-state index contributed by atoms with van der Waals surface area (Å²) in [4.78, 5) is 24.3. The van der Waals surface area contributed by atoms with E-state index in [0.29, 0.717) is 5.56 Å². The van der Waals surface area contributed by atoms with Crippen molar-refractivity contribution in [2.75, 3.05) is 0 Å². The molecule has 2 amide bonds. The van der Waals surface area contributed by atoms with Crippen molar-refractivity contribution in [1.29, 1.82) is 0 Å². The van der Waals surface area contributed by atoms with E-state index in [1.165, 1.54) is 24.3 Å². The Hall–Kier alpha value is -3.39. The van der Waals surface area contributed by atoms with Gasteiger partial charge in [-0.1, -0.05) is 35.9 Å². The first kappa shape index (κ1) is 19.4. The average molecular weight is 398 g/mol. The Morgan fingerprint density at radius 3 is 2.18 bits per heavy atom. The lowest BCUT2D eigenvalue weighted by Gasteiger charge is -2.06. The van der Waals surface area contributed by atoms with Crippen LogP contribution in [-0.4, -0.2) is 20.2 Å². The van der Waals surface area contributed by atoms with E-state index in [4.69, 9.17) is 4.42 Å². The van der Waals surface area contributed by atoms with Crippen LogP contribution in [0.2, 0.25) is 0 Å². The van der Waals surface area contributed by atoms with Gasteiger partial charge in [-0.2, -0.15) is 0 Å². The Morgan fingerprint density at radius 2 is 1.50 bits per heavy atom. The Balaban J connectivity index is 1.61. The minimum absolute atomic E-state index is 0.109. The number of aryl methyl sites for hydroxylation is 1. The van der Waals surface area contributed by atoms with Crippen LogP contribution in [0.1, 0.15) is 32.2 Å². The van der Waals surface area contributed by atoms with Crippen molar-refractivity contribution in [3.8, 4) is 0 Å². The summed E-state index contributed by atoms with van der Waals surface area (Å²) in [7, 11) is -3.59. The number of furan rings is 1. The monoisotopic (exact) mass is 398 g/mol. The van der Waals surface area contributed by atoms with E-state index in [1.54, 1.807) is 42.5 Å². The summed E-state index contributed by atoms with van der Waals surface area (Å²) in [6.07, 6.45) is 0. The lowest BCUT2D eigenvalue weighted by atomic mass is 10.1. The molecule has 0 saturated carbocycles. The highest BCUT2D eigenvalue weighted by Gasteiger charge is 2.19. The fraction of sp³-hybridized carbons (Fsp3) is 0.100. The first-order valence-corrected chi connectivity index (χ1v) is 10.0. The molecule has 0 bridgehead atoms. The van der Waals surface area contributed by atoms with Crippen LogP contribution in [-0.2, 0) is 15.6 Å². The molecule has 0 aliphatic carbocycles. The summed E-state index contributed by atoms with van der Waals surface area (Å²) < 4.78 is 30.0. The van der Waals surface area contributed by atoms with Crippen LogP contribution in [0.4, 0.5) is 0 Å². The Labute approximate surface area is 162 Å². The van der Waals surface area contributed by atoms with Gasteiger partial charge in [-0.3, -0.25) is 20.4 Å². The Morgan fingerprint density at radius 1 is 0.857 bits per heavy atom. The molecule has 0 aliphatic rings. The van der Waals surface area contributed by atoms with Gasteiger partial charge in [0.25, 0.3) is 5.91 Å². The number of sulfone groups is 1. The quantitative estimate of drug-likeness (QED) is 0.643. The van der Waals surface area contributed by atoms with Crippen molar-refractivity contribution in [1.82, 2.24) is 10.9 Å². The number of hydrogen-bond acceptors (Lipinski definition) is 5. The number of amides is 2. The maximum Gasteiger partial charge on any atom is 0.305 e. The lowest BCUT2D eigenvalue weighted by Crippen LogP contribution is -2.41. The molecular weight excluding hydrogens is 380 g/mol. The highest BCUT2D eigenvalue weighted by Crippen LogP contribution is 2.18. The average Bonchev–Trinajstić information content (AvgIpc) is 3.15. The molecule has 2 aromatic carbocycles. The number of hydrazine groups is 1. The van der Waals surface area contributed by atoms with E-state index in [9.17, 15) is 18.0 Å².